The van der Waals surface area contributed by atoms with Crippen molar-refractivity contribution in [3.8, 4) is 0 Å². The number of nitrogens with one attached hydrogen (secondary N) is 2. The minimum Gasteiger partial charge on any atom is -0.379 e. The van der Waals surface area contributed by atoms with Crippen LogP contribution in [0.25, 0.3) is 0 Å². The summed E-state index contributed by atoms with van der Waals surface area (Å²) in [7, 11) is 0. The summed E-state index contributed by atoms with van der Waals surface area (Å²) in [6, 6.07) is 9.88. The Kier molecular flexibility index (Phi) is 6.20. The highest BCUT2D eigenvalue weighted by Crippen LogP contribution is 2.21. The minimum atomic E-state index is -0.142. The first kappa shape index (κ1) is 18.4. The SMILES string of the molecule is Cc1ccc(Nc2ccc(C(=O)NCCN3CCOCC3)nc2)c(C)c1. The first-order valence-electron chi connectivity index (χ1n) is 9.00. The van der Waals surface area contributed by atoms with E-state index in [0.29, 0.717) is 12.2 Å². The van der Waals surface area contributed by atoms with E-state index in [2.05, 4.69) is 52.6 Å². The van der Waals surface area contributed by atoms with E-state index >= 15 is 0 Å². The van der Waals surface area contributed by atoms with Gasteiger partial charge in [0.15, 0.2) is 0 Å². The number of ether oxygens (including phenoxy) is 1. The quantitative estimate of drug-likeness (QED) is 0.834. The van der Waals surface area contributed by atoms with Crippen molar-refractivity contribution >= 4 is 17.3 Å². The summed E-state index contributed by atoms with van der Waals surface area (Å²) >= 11 is 0. The van der Waals surface area contributed by atoms with Crippen molar-refractivity contribution in [2.75, 3.05) is 44.7 Å². The Morgan fingerprint density at radius 2 is 2.00 bits per heavy atom. The molecule has 26 heavy (non-hydrogen) atoms. The lowest BCUT2D eigenvalue weighted by atomic mass is 10.1. The summed E-state index contributed by atoms with van der Waals surface area (Å²) in [5.41, 5.74) is 4.74. The number of anilines is 2. The molecule has 1 aliphatic heterocycles. The molecule has 1 amide bonds. The van der Waals surface area contributed by atoms with Crippen molar-refractivity contribution in [3.63, 3.8) is 0 Å². The maximum atomic E-state index is 12.2. The molecule has 1 aliphatic rings. The summed E-state index contributed by atoms with van der Waals surface area (Å²) in [6.07, 6.45) is 1.69. The third-order valence-electron chi connectivity index (χ3n) is 4.47. The van der Waals surface area contributed by atoms with Gasteiger partial charge in [0.05, 0.1) is 25.1 Å². The van der Waals surface area contributed by atoms with E-state index in [4.69, 9.17) is 4.74 Å². The summed E-state index contributed by atoms with van der Waals surface area (Å²) in [5.74, 6) is -0.142. The molecule has 0 saturated carbocycles. The number of aromatic nitrogens is 1. The predicted molar refractivity (Wildman–Crippen MR) is 103 cm³/mol. The molecule has 2 N–H and O–H groups in total. The van der Waals surface area contributed by atoms with Crippen LogP contribution >= 0.6 is 0 Å². The van der Waals surface area contributed by atoms with Crippen LogP contribution in [-0.2, 0) is 4.74 Å². The molecular weight excluding hydrogens is 328 g/mol. The van der Waals surface area contributed by atoms with Crippen LogP contribution in [0.5, 0.6) is 0 Å². The van der Waals surface area contributed by atoms with E-state index in [0.717, 1.165) is 44.2 Å². The van der Waals surface area contributed by atoms with E-state index in [1.54, 1.807) is 12.3 Å². The number of pyridine rings is 1. The molecule has 0 aliphatic carbocycles. The Labute approximate surface area is 154 Å². The van der Waals surface area contributed by atoms with Crippen LogP contribution in [0, 0.1) is 13.8 Å². The highest BCUT2D eigenvalue weighted by molar-refractivity contribution is 5.92. The fraction of sp³-hybridized carbons (Fsp3) is 0.400. The normalized spacial score (nSPS) is 14.8. The Morgan fingerprint density at radius 3 is 2.69 bits per heavy atom. The van der Waals surface area contributed by atoms with Crippen LogP contribution in [0.2, 0.25) is 0 Å². The van der Waals surface area contributed by atoms with Gasteiger partial charge in [0.2, 0.25) is 0 Å². The largest absolute Gasteiger partial charge is 0.379 e. The summed E-state index contributed by atoms with van der Waals surface area (Å²) in [4.78, 5) is 18.8. The maximum Gasteiger partial charge on any atom is 0.269 e. The molecule has 2 aromatic rings. The van der Waals surface area contributed by atoms with Crippen LogP contribution < -0.4 is 10.6 Å². The Bertz CT molecular complexity index is 740. The van der Waals surface area contributed by atoms with Crippen molar-refractivity contribution in [1.82, 2.24) is 15.2 Å². The summed E-state index contributed by atoms with van der Waals surface area (Å²) < 4.78 is 5.32. The van der Waals surface area contributed by atoms with Gasteiger partial charge in [-0.05, 0) is 37.6 Å². The van der Waals surface area contributed by atoms with Gasteiger partial charge >= 0.3 is 0 Å². The highest BCUT2D eigenvalue weighted by Gasteiger charge is 2.11. The van der Waals surface area contributed by atoms with Crippen LogP contribution in [0.1, 0.15) is 21.6 Å². The van der Waals surface area contributed by atoms with Gasteiger partial charge in [0, 0.05) is 31.9 Å². The first-order valence-corrected chi connectivity index (χ1v) is 9.00. The molecule has 1 aromatic heterocycles. The van der Waals surface area contributed by atoms with E-state index in [1.807, 2.05) is 6.07 Å². The second kappa shape index (κ2) is 8.78. The third kappa shape index (κ3) is 5.03. The van der Waals surface area contributed by atoms with Crippen LogP contribution in [0.15, 0.2) is 36.5 Å². The standard InChI is InChI=1S/C20H26N4O2/c1-15-3-5-18(16(2)13-15)23-17-4-6-19(22-14-17)20(25)21-7-8-24-9-11-26-12-10-24/h3-6,13-14,23H,7-12H2,1-2H3,(H,21,25). The van der Waals surface area contributed by atoms with E-state index in [1.165, 1.54) is 11.1 Å². The lowest BCUT2D eigenvalue weighted by Crippen LogP contribution is -2.41. The van der Waals surface area contributed by atoms with Crippen molar-refractivity contribution in [3.05, 3.63) is 53.3 Å². The van der Waals surface area contributed by atoms with Crippen LogP contribution in [0.4, 0.5) is 11.4 Å². The zero-order valence-electron chi connectivity index (χ0n) is 15.4. The van der Waals surface area contributed by atoms with E-state index in [9.17, 15) is 4.79 Å². The smallest absolute Gasteiger partial charge is 0.269 e. The van der Waals surface area contributed by atoms with Crippen LogP contribution in [0.3, 0.4) is 0 Å². The monoisotopic (exact) mass is 354 g/mol. The summed E-state index contributed by atoms with van der Waals surface area (Å²) in [6.45, 7) is 8.98. The summed E-state index contributed by atoms with van der Waals surface area (Å²) in [5, 5.41) is 6.27. The predicted octanol–water partition coefficient (Wildman–Crippen LogP) is 2.50. The fourth-order valence-electron chi connectivity index (χ4n) is 2.95. The molecule has 6 nitrogen and oxygen atoms in total. The molecule has 0 spiro atoms. The maximum absolute atomic E-state index is 12.2. The molecule has 1 fully saturated rings. The van der Waals surface area contributed by atoms with E-state index in [-0.39, 0.29) is 5.91 Å². The second-order valence-electron chi connectivity index (χ2n) is 6.59. The number of nitrogens with zero attached hydrogens (tertiary/aromatic N) is 2. The average molecular weight is 354 g/mol. The van der Waals surface area contributed by atoms with Gasteiger partial charge in [-0.25, -0.2) is 4.98 Å². The number of carbonyl (C=O) groups excluding carboxylic acids is 1. The number of hydrogen-bond donors (Lipinski definition) is 2. The zero-order chi connectivity index (χ0) is 18.4. The van der Waals surface area contributed by atoms with Gasteiger partial charge in [0.25, 0.3) is 5.91 Å². The molecule has 1 saturated heterocycles. The fourth-order valence-corrected chi connectivity index (χ4v) is 2.95. The Hall–Kier alpha value is -2.44. The molecule has 0 unspecified atom stereocenters. The van der Waals surface area contributed by atoms with Crippen molar-refractivity contribution < 1.29 is 9.53 Å². The molecule has 0 radical (unpaired) electrons. The van der Waals surface area contributed by atoms with Crippen molar-refractivity contribution in [1.29, 1.82) is 0 Å². The number of morpholine rings is 1. The van der Waals surface area contributed by atoms with E-state index < -0.39 is 0 Å². The van der Waals surface area contributed by atoms with Gasteiger partial charge in [-0.2, -0.15) is 0 Å². The lowest BCUT2D eigenvalue weighted by molar-refractivity contribution is 0.0383. The third-order valence-corrected chi connectivity index (χ3v) is 4.47. The highest BCUT2D eigenvalue weighted by atomic mass is 16.5. The molecule has 2 heterocycles. The number of hydrogen-bond acceptors (Lipinski definition) is 5. The molecule has 3 rings (SSSR count). The van der Waals surface area contributed by atoms with Gasteiger partial charge in [-0.15, -0.1) is 0 Å². The first-order chi connectivity index (χ1) is 12.6. The van der Waals surface area contributed by atoms with Gasteiger partial charge in [-0.3, -0.25) is 9.69 Å². The van der Waals surface area contributed by atoms with Gasteiger partial charge in [0.1, 0.15) is 5.69 Å². The van der Waals surface area contributed by atoms with Crippen LogP contribution in [-0.4, -0.2) is 55.2 Å². The molecular formula is C20H26N4O2. The number of carbonyl (C=O) groups is 1. The van der Waals surface area contributed by atoms with Gasteiger partial charge in [-0.1, -0.05) is 17.7 Å². The molecule has 1 aromatic carbocycles. The molecule has 0 atom stereocenters. The molecule has 6 heteroatoms. The van der Waals surface area contributed by atoms with Gasteiger partial charge < -0.3 is 15.4 Å². The Balaban J connectivity index is 1.50. The number of rotatable bonds is 6. The average Bonchev–Trinajstić information content (AvgIpc) is 2.65. The lowest BCUT2D eigenvalue weighted by Gasteiger charge is -2.26. The minimum absolute atomic E-state index is 0.142. The topological polar surface area (TPSA) is 66.5 Å². The number of aryl methyl sites for hydroxylation is 2. The number of amides is 1. The molecule has 138 valence electrons. The van der Waals surface area contributed by atoms with Crippen molar-refractivity contribution in [2.45, 2.75) is 13.8 Å². The zero-order valence-corrected chi connectivity index (χ0v) is 15.4. The second-order valence-corrected chi connectivity index (χ2v) is 6.59. The Morgan fingerprint density at radius 1 is 1.19 bits per heavy atom. The molecule has 0 bridgehead atoms. The number of benzene rings is 1. The van der Waals surface area contributed by atoms with Crippen molar-refractivity contribution in [2.24, 2.45) is 0 Å².